The summed E-state index contributed by atoms with van der Waals surface area (Å²) in [4.78, 5) is 2.39. The Morgan fingerprint density at radius 1 is 1.43 bits per heavy atom. The quantitative estimate of drug-likeness (QED) is 0.690. The van der Waals surface area contributed by atoms with Gasteiger partial charge in [-0.3, -0.25) is 0 Å². The first-order valence-corrected chi connectivity index (χ1v) is 5.53. The molecule has 1 atom stereocenters. The average molecular weight is 201 g/mol. The van der Waals surface area contributed by atoms with Crippen molar-refractivity contribution in [3.8, 4) is 0 Å². The Hall–Kier alpha value is -0.160. The van der Waals surface area contributed by atoms with Gasteiger partial charge in [-0.1, -0.05) is 13.8 Å². The minimum absolute atomic E-state index is 0.279. The van der Waals surface area contributed by atoms with Crippen molar-refractivity contribution in [2.24, 2.45) is 11.7 Å². The number of rotatable bonds is 4. The summed E-state index contributed by atoms with van der Waals surface area (Å²) < 4.78 is 0. The van der Waals surface area contributed by atoms with E-state index in [0.29, 0.717) is 5.92 Å². The first kappa shape index (κ1) is 11.9. The van der Waals surface area contributed by atoms with Gasteiger partial charge in [-0.25, -0.2) is 0 Å². The summed E-state index contributed by atoms with van der Waals surface area (Å²) in [6, 6.07) is 0.279. The molecule has 0 spiro atoms. The molecular formula is C10H23N3O. The maximum absolute atomic E-state index is 9.66. The second-order valence-electron chi connectivity index (χ2n) is 4.42. The number of hydroxylamine groups is 2. The summed E-state index contributed by atoms with van der Waals surface area (Å²) in [7, 11) is 0. The lowest BCUT2D eigenvalue weighted by Crippen LogP contribution is -2.54. The molecule has 1 saturated heterocycles. The molecule has 0 aromatic carbocycles. The van der Waals surface area contributed by atoms with Crippen LogP contribution in [-0.2, 0) is 0 Å². The van der Waals surface area contributed by atoms with Crippen molar-refractivity contribution in [1.29, 1.82) is 0 Å². The van der Waals surface area contributed by atoms with E-state index in [1.165, 1.54) is 5.06 Å². The minimum atomic E-state index is 0.279. The van der Waals surface area contributed by atoms with Gasteiger partial charge in [-0.2, -0.15) is 5.06 Å². The molecule has 1 aliphatic rings. The molecule has 14 heavy (non-hydrogen) atoms. The topological polar surface area (TPSA) is 52.7 Å². The number of nitrogens with zero attached hydrogens (tertiary/aromatic N) is 2. The van der Waals surface area contributed by atoms with Crippen molar-refractivity contribution < 1.29 is 5.21 Å². The van der Waals surface area contributed by atoms with E-state index in [2.05, 4.69) is 18.7 Å². The predicted molar refractivity (Wildman–Crippen MR) is 57.2 cm³/mol. The highest BCUT2D eigenvalue weighted by Gasteiger charge is 2.27. The van der Waals surface area contributed by atoms with Crippen molar-refractivity contribution >= 4 is 0 Å². The maximum atomic E-state index is 9.66. The number of hydrogen-bond donors (Lipinski definition) is 2. The Bertz CT molecular complexity index is 161. The number of hydrogen-bond acceptors (Lipinski definition) is 4. The van der Waals surface area contributed by atoms with Crippen molar-refractivity contribution in [1.82, 2.24) is 9.96 Å². The van der Waals surface area contributed by atoms with Gasteiger partial charge in [0.05, 0.1) is 6.04 Å². The number of piperazine rings is 1. The molecule has 4 heteroatoms. The van der Waals surface area contributed by atoms with Crippen LogP contribution in [0.5, 0.6) is 0 Å². The summed E-state index contributed by atoms with van der Waals surface area (Å²) in [6.07, 6.45) is 1.05. The highest BCUT2D eigenvalue weighted by Crippen LogP contribution is 2.15. The van der Waals surface area contributed by atoms with Crippen molar-refractivity contribution in [2.75, 3.05) is 32.7 Å². The molecule has 84 valence electrons. The van der Waals surface area contributed by atoms with Crippen LogP contribution >= 0.6 is 0 Å². The average Bonchev–Trinajstić information content (AvgIpc) is 2.16. The molecule has 0 saturated carbocycles. The van der Waals surface area contributed by atoms with Crippen LogP contribution in [0.15, 0.2) is 0 Å². The van der Waals surface area contributed by atoms with Crippen LogP contribution in [0.25, 0.3) is 0 Å². The smallest absolute Gasteiger partial charge is 0.0500 e. The van der Waals surface area contributed by atoms with E-state index in [-0.39, 0.29) is 6.04 Å². The molecule has 0 aliphatic carbocycles. The molecule has 1 fully saturated rings. The van der Waals surface area contributed by atoms with E-state index >= 15 is 0 Å². The third-order valence-electron chi connectivity index (χ3n) is 2.92. The van der Waals surface area contributed by atoms with Gasteiger partial charge in [-0.05, 0) is 25.4 Å². The number of nitrogens with two attached hydrogens (primary N) is 1. The SMILES string of the molecule is CC(C)C1CN(CCCN)CCN1O. The molecule has 0 amide bonds. The summed E-state index contributed by atoms with van der Waals surface area (Å²) in [6.45, 7) is 8.81. The second-order valence-corrected chi connectivity index (χ2v) is 4.42. The lowest BCUT2D eigenvalue weighted by molar-refractivity contribution is -0.166. The van der Waals surface area contributed by atoms with Gasteiger partial charge >= 0.3 is 0 Å². The van der Waals surface area contributed by atoms with Gasteiger partial charge in [0.2, 0.25) is 0 Å². The Kier molecular flexibility index (Phi) is 4.81. The molecule has 1 rings (SSSR count). The largest absolute Gasteiger partial charge is 0.330 e. The minimum Gasteiger partial charge on any atom is -0.330 e. The van der Waals surface area contributed by atoms with Crippen LogP contribution in [0.2, 0.25) is 0 Å². The molecule has 0 bridgehead atoms. The normalized spacial score (nSPS) is 25.9. The van der Waals surface area contributed by atoms with Crippen LogP contribution in [0.4, 0.5) is 0 Å². The van der Waals surface area contributed by atoms with E-state index in [0.717, 1.165) is 39.1 Å². The van der Waals surface area contributed by atoms with E-state index in [1.54, 1.807) is 0 Å². The molecule has 0 aromatic rings. The first-order chi connectivity index (χ1) is 6.65. The Morgan fingerprint density at radius 3 is 2.71 bits per heavy atom. The zero-order valence-corrected chi connectivity index (χ0v) is 9.32. The van der Waals surface area contributed by atoms with E-state index in [4.69, 9.17) is 5.73 Å². The lowest BCUT2D eigenvalue weighted by atomic mass is 10.0. The fourth-order valence-electron chi connectivity index (χ4n) is 1.93. The van der Waals surface area contributed by atoms with Gasteiger partial charge in [0, 0.05) is 19.6 Å². The monoisotopic (exact) mass is 201 g/mol. The molecule has 0 radical (unpaired) electrons. The summed E-state index contributed by atoms with van der Waals surface area (Å²) >= 11 is 0. The Balaban J connectivity index is 2.37. The third kappa shape index (κ3) is 3.20. The lowest BCUT2D eigenvalue weighted by Gasteiger charge is -2.39. The molecule has 4 nitrogen and oxygen atoms in total. The predicted octanol–water partition coefficient (Wildman–Crippen LogP) is 0.367. The standard InChI is InChI=1S/C10H23N3O/c1-9(2)10-8-12(5-3-4-11)6-7-13(10)14/h9-10,14H,3-8,11H2,1-2H3. The zero-order chi connectivity index (χ0) is 10.6. The van der Waals surface area contributed by atoms with Gasteiger partial charge in [0.15, 0.2) is 0 Å². The second kappa shape index (κ2) is 5.66. The third-order valence-corrected chi connectivity index (χ3v) is 2.92. The summed E-state index contributed by atoms with van der Waals surface area (Å²) in [5.74, 6) is 0.501. The highest BCUT2D eigenvalue weighted by molar-refractivity contribution is 4.79. The van der Waals surface area contributed by atoms with Crippen molar-refractivity contribution in [3.05, 3.63) is 0 Å². The molecular weight excluding hydrogens is 178 g/mol. The Labute approximate surface area is 86.6 Å². The molecule has 1 aliphatic heterocycles. The highest BCUT2D eigenvalue weighted by atomic mass is 16.5. The van der Waals surface area contributed by atoms with E-state index in [9.17, 15) is 5.21 Å². The van der Waals surface area contributed by atoms with Crippen LogP contribution in [0.3, 0.4) is 0 Å². The van der Waals surface area contributed by atoms with Crippen LogP contribution < -0.4 is 5.73 Å². The molecule has 3 N–H and O–H groups in total. The van der Waals surface area contributed by atoms with Gasteiger partial charge in [0.1, 0.15) is 0 Å². The van der Waals surface area contributed by atoms with Crippen LogP contribution in [-0.4, -0.2) is 53.9 Å². The molecule has 1 unspecified atom stereocenters. The molecule has 1 heterocycles. The van der Waals surface area contributed by atoms with E-state index in [1.807, 2.05) is 0 Å². The van der Waals surface area contributed by atoms with Crippen molar-refractivity contribution in [2.45, 2.75) is 26.3 Å². The summed E-state index contributed by atoms with van der Waals surface area (Å²) in [5.41, 5.74) is 5.48. The van der Waals surface area contributed by atoms with E-state index < -0.39 is 0 Å². The van der Waals surface area contributed by atoms with Gasteiger partial charge in [0.25, 0.3) is 0 Å². The van der Waals surface area contributed by atoms with Crippen LogP contribution in [0.1, 0.15) is 20.3 Å². The zero-order valence-electron chi connectivity index (χ0n) is 9.32. The van der Waals surface area contributed by atoms with Gasteiger partial charge in [-0.15, -0.1) is 0 Å². The molecule has 0 aromatic heterocycles. The van der Waals surface area contributed by atoms with Gasteiger partial charge < -0.3 is 15.8 Å². The maximum Gasteiger partial charge on any atom is 0.0500 e. The summed E-state index contributed by atoms with van der Waals surface area (Å²) in [5, 5.41) is 11.2. The van der Waals surface area contributed by atoms with Crippen LogP contribution in [0, 0.1) is 5.92 Å². The fourth-order valence-corrected chi connectivity index (χ4v) is 1.93. The fraction of sp³-hybridized carbons (Fsp3) is 1.00. The Morgan fingerprint density at radius 2 is 2.14 bits per heavy atom. The first-order valence-electron chi connectivity index (χ1n) is 5.53. The van der Waals surface area contributed by atoms with Crippen molar-refractivity contribution in [3.63, 3.8) is 0 Å².